The summed E-state index contributed by atoms with van der Waals surface area (Å²) in [7, 11) is 0. The summed E-state index contributed by atoms with van der Waals surface area (Å²) in [5, 5.41) is 26.5. The minimum Gasteiger partial charge on any atom is -0.507 e. The van der Waals surface area contributed by atoms with E-state index in [0.717, 1.165) is 93.7 Å². The van der Waals surface area contributed by atoms with Crippen LogP contribution in [0.5, 0.6) is 11.5 Å². The van der Waals surface area contributed by atoms with Crippen molar-refractivity contribution in [2.24, 2.45) is 9.98 Å². The van der Waals surface area contributed by atoms with Gasteiger partial charge in [0.05, 0.1) is 11.4 Å². The van der Waals surface area contributed by atoms with Gasteiger partial charge in [-0.1, -0.05) is 112 Å². The molecule has 0 aliphatic heterocycles. The Hall–Kier alpha value is -5.22. The molecule has 0 aliphatic carbocycles. The van der Waals surface area contributed by atoms with E-state index in [1.165, 1.54) is 0 Å². The maximum atomic E-state index is 11.1. The average Bonchev–Trinajstić information content (AvgIpc) is 3.09. The van der Waals surface area contributed by atoms with Crippen LogP contribution in [-0.2, 0) is 12.8 Å². The van der Waals surface area contributed by atoms with Gasteiger partial charge < -0.3 is 10.2 Å². The molecule has 0 amide bonds. The maximum absolute atomic E-state index is 11.1. The standard InChI is InChI=1S/C42H40N2O2/c1-3-5-13-31-17-11-19-33(41(31)45)27-43-37-25-23-29-15-7-9-21-35(29)39(37)40-36-22-10-8-16-30(36)24-26-38(40)44-28-34-20-12-18-32(42(34)46)14-6-4-2/h7-12,15-28,45-46H,3-6,13-14H2,1-2H3. The number of unbranched alkanes of at least 4 members (excludes halogenated alkanes) is 2. The van der Waals surface area contributed by atoms with Gasteiger partial charge in [0.1, 0.15) is 11.5 Å². The summed E-state index contributed by atoms with van der Waals surface area (Å²) < 4.78 is 0. The number of benzene rings is 6. The SMILES string of the molecule is CCCCc1cccc(C=Nc2ccc3ccccc3c2-c2c(N=Cc3cccc(CCCC)c3O)ccc3ccccc23)c1O. The lowest BCUT2D eigenvalue weighted by molar-refractivity contribution is 0.465. The molecular weight excluding hydrogens is 564 g/mol. The van der Waals surface area contributed by atoms with Crippen LogP contribution in [0, 0.1) is 0 Å². The van der Waals surface area contributed by atoms with Crippen molar-refractivity contribution in [2.45, 2.75) is 52.4 Å². The molecule has 6 aromatic carbocycles. The highest BCUT2D eigenvalue weighted by Crippen LogP contribution is 2.45. The summed E-state index contributed by atoms with van der Waals surface area (Å²) in [6.45, 7) is 4.31. The Kier molecular flexibility index (Phi) is 9.54. The van der Waals surface area contributed by atoms with Crippen LogP contribution in [0.15, 0.2) is 119 Å². The second kappa shape index (κ2) is 14.3. The van der Waals surface area contributed by atoms with E-state index < -0.39 is 0 Å². The Morgan fingerprint density at radius 3 is 1.37 bits per heavy atom. The van der Waals surface area contributed by atoms with Crippen molar-refractivity contribution >= 4 is 45.3 Å². The third-order valence-corrected chi connectivity index (χ3v) is 8.65. The van der Waals surface area contributed by atoms with Gasteiger partial charge in [-0.2, -0.15) is 0 Å². The van der Waals surface area contributed by atoms with Gasteiger partial charge in [-0.3, -0.25) is 9.98 Å². The van der Waals surface area contributed by atoms with Crippen molar-refractivity contribution in [1.82, 2.24) is 0 Å². The molecular formula is C42H40N2O2. The van der Waals surface area contributed by atoms with E-state index in [1.807, 2.05) is 60.7 Å². The lowest BCUT2D eigenvalue weighted by Gasteiger charge is -2.16. The van der Waals surface area contributed by atoms with Gasteiger partial charge >= 0.3 is 0 Å². The van der Waals surface area contributed by atoms with Crippen LogP contribution in [0.1, 0.15) is 61.8 Å². The van der Waals surface area contributed by atoms with Gasteiger partial charge in [0, 0.05) is 34.7 Å². The van der Waals surface area contributed by atoms with Crippen LogP contribution >= 0.6 is 0 Å². The fourth-order valence-corrected chi connectivity index (χ4v) is 6.11. The van der Waals surface area contributed by atoms with E-state index in [0.29, 0.717) is 22.6 Å². The summed E-state index contributed by atoms with van der Waals surface area (Å²) in [4.78, 5) is 10.1. The van der Waals surface area contributed by atoms with Crippen LogP contribution < -0.4 is 0 Å². The number of para-hydroxylation sites is 2. The van der Waals surface area contributed by atoms with Crippen molar-refractivity contribution in [3.05, 3.63) is 131 Å². The Morgan fingerprint density at radius 2 is 0.935 bits per heavy atom. The first-order valence-electron chi connectivity index (χ1n) is 16.3. The van der Waals surface area contributed by atoms with Crippen molar-refractivity contribution in [3.8, 4) is 22.6 Å². The smallest absolute Gasteiger partial charge is 0.127 e. The molecule has 46 heavy (non-hydrogen) atoms. The zero-order valence-corrected chi connectivity index (χ0v) is 26.6. The molecule has 0 heterocycles. The van der Waals surface area contributed by atoms with Crippen LogP contribution in [0.4, 0.5) is 11.4 Å². The zero-order chi connectivity index (χ0) is 31.9. The molecule has 0 saturated heterocycles. The second-order valence-electron chi connectivity index (χ2n) is 11.8. The molecule has 4 nitrogen and oxygen atoms in total. The zero-order valence-electron chi connectivity index (χ0n) is 26.6. The summed E-state index contributed by atoms with van der Waals surface area (Å²) in [6.07, 6.45) is 9.39. The fourth-order valence-electron chi connectivity index (χ4n) is 6.11. The van der Waals surface area contributed by atoms with E-state index >= 15 is 0 Å². The number of phenolic OH excluding ortho intramolecular Hbond substituents is 2. The second-order valence-corrected chi connectivity index (χ2v) is 11.8. The molecule has 0 bridgehead atoms. The van der Waals surface area contributed by atoms with Gasteiger partial charge in [0.15, 0.2) is 0 Å². The van der Waals surface area contributed by atoms with Gasteiger partial charge in [-0.15, -0.1) is 0 Å². The summed E-state index contributed by atoms with van der Waals surface area (Å²) in [5.74, 6) is 0.580. The average molecular weight is 605 g/mol. The number of aryl methyl sites for hydroxylation is 2. The number of hydrogen-bond donors (Lipinski definition) is 2. The molecule has 0 unspecified atom stereocenters. The largest absolute Gasteiger partial charge is 0.507 e. The number of aliphatic imine (C=N–C) groups is 2. The van der Waals surface area contributed by atoms with Crippen LogP contribution in [0.25, 0.3) is 32.7 Å². The third-order valence-electron chi connectivity index (χ3n) is 8.65. The van der Waals surface area contributed by atoms with Crippen LogP contribution in [0.2, 0.25) is 0 Å². The molecule has 2 N–H and O–H groups in total. The molecule has 0 fully saturated rings. The van der Waals surface area contributed by atoms with E-state index in [1.54, 1.807) is 12.4 Å². The molecule has 230 valence electrons. The van der Waals surface area contributed by atoms with Crippen molar-refractivity contribution < 1.29 is 10.2 Å². The van der Waals surface area contributed by atoms with E-state index in [2.05, 4.69) is 62.4 Å². The van der Waals surface area contributed by atoms with Gasteiger partial charge in [0.25, 0.3) is 0 Å². The number of aromatic hydroxyl groups is 2. The summed E-state index contributed by atoms with van der Waals surface area (Å²) >= 11 is 0. The third kappa shape index (κ3) is 6.43. The number of fused-ring (bicyclic) bond motifs is 2. The highest BCUT2D eigenvalue weighted by Gasteiger charge is 2.17. The van der Waals surface area contributed by atoms with Gasteiger partial charge in [-0.05, 0) is 82.6 Å². The van der Waals surface area contributed by atoms with Gasteiger partial charge in [-0.25, -0.2) is 0 Å². The normalized spacial score (nSPS) is 11.8. The Morgan fingerprint density at radius 1 is 0.500 bits per heavy atom. The first-order valence-corrected chi connectivity index (χ1v) is 16.3. The molecule has 4 heteroatoms. The van der Waals surface area contributed by atoms with Crippen molar-refractivity contribution in [3.63, 3.8) is 0 Å². The monoisotopic (exact) mass is 604 g/mol. The molecule has 6 rings (SSSR count). The van der Waals surface area contributed by atoms with E-state index in [9.17, 15) is 10.2 Å². The number of hydrogen-bond acceptors (Lipinski definition) is 4. The molecule has 6 aromatic rings. The lowest BCUT2D eigenvalue weighted by atomic mass is 9.91. The van der Waals surface area contributed by atoms with E-state index in [-0.39, 0.29) is 0 Å². The highest BCUT2D eigenvalue weighted by atomic mass is 16.3. The summed E-state index contributed by atoms with van der Waals surface area (Å²) in [6, 6.07) is 36.7. The molecule has 0 saturated carbocycles. The highest BCUT2D eigenvalue weighted by molar-refractivity contribution is 6.13. The molecule has 0 radical (unpaired) electrons. The first kappa shape index (κ1) is 30.8. The maximum Gasteiger partial charge on any atom is 0.127 e. The predicted octanol–water partition coefficient (Wildman–Crippen LogP) is 11.3. The fraction of sp³-hybridized carbons (Fsp3) is 0.190. The van der Waals surface area contributed by atoms with Crippen molar-refractivity contribution in [2.75, 3.05) is 0 Å². The Labute approximate surface area is 271 Å². The summed E-state index contributed by atoms with van der Waals surface area (Å²) in [5.41, 5.74) is 6.80. The molecule has 0 atom stereocenters. The quantitative estimate of drug-likeness (QED) is 0.144. The number of phenols is 2. The van der Waals surface area contributed by atoms with Gasteiger partial charge in [0.2, 0.25) is 0 Å². The molecule has 0 aromatic heterocycles. The van der Waals surface area contributed by atoms with Crippen molar-refractivity contribution in [1.29, 1.82) is 0 Å². The Bertz CT molecular complexity index is 1910. The van der Waals surface area contributed by atoms with Crippen LogP contribution in [-0.4, -0.2) is 22.6 Å². The number of rotatable bonds is 11. The predicted molar refractivity (Wildman–Crippen MR) is 195 cm³/mol. The topological polar surface area (TPSA) is 65.2 Å². The number of nitrogens with zero attached hydrogens (tertiary/aromatic N) is 2. The molecule has 0 aliphatic rings. The molecule has 0 spiro atoms. The lowest BCUT2D eigenvalue weighted by Crippen LogP contribution is -1.92. The van der Waals surface area contributed by atoms with E-state index in [4.69, 9.17) is 9.98 Å². The first-order chi connectivity index (χ1) is 22.6. The van der Waals surface area contributed by atoms with Crippen LogP contribution in [0.3, 0.4) is 0 Å². The minimum atomic E-state index is 0.290. The minimum absolute atomic E-state index is 0.290. The Balaban J connectivity index is 1.53.